The van der Waals surface area contributed by atoms with Gasteiger partial charge >= 0.3 is 0 Å². The molecule has 0 amide bonds. The van der Waals surface area contributed by atoms with Gasteiger partial charge in [0.15, 0.2) is 0 Å². The van der Waals surface area contributed by atoms with Crippen LogP contribution in [-0.4, -0.2) is 0 Å². The smallest absolute Gasteiger partial charge is 0.0429 e. The van der Waals surface area contributed by atoms with Crippen molar-refractivity contribution in [3.63, 3.8) is 0 Å². The maximum atomic E-state index is 5.90. The Morgan fingerprint density at radius 1 is 0.458 bits per heavy atom. The summed E-state index contributed by atoms with van der Waals surface area (Å²) in [6, 6.07) is 12.6. The van der Waals surface area contributed by atoms with Gasteiger partial charge in [-0.15, -0.1) is 34.0 Å². The largest absolute Gasteiger partial charge is 0.398 e. The summed E-state index contributed by atoms with van der Waals surface area (Å²) in [4.78, 5) is 3.47. The van der Waals surface area contributed by atoms with Crippen LogP contribution in [0.25, 0.3) is 31.3 Å². The van der Waals surface area contributed by atoms with Gasteiger partial charge < -0.3 is 17.2 Å². The van der Waals surface area contributed by atoms with Crippen LogP contribution in [0.1, 0.15) is 0 Å². The van der Waals surface area contributed by atoms with E-state index in [0.717, 1.165) is 48.4 Å². The van der Waals surface area contributed by atoms with Crippen molar-refractivity contribution in [2.75, 3.05) is 17.2 Å². The second-order valence-electron chi connectivity index (χ2n) is 5.53. The minimum absolute atomic E-state index is 0.794. The molecule has 0 saturated heterocycles. The first-order chi connectivity index (χ1) is 11.6. The molecular formula is C18H15N3S3. The molecule has 4 aromatic rings. The van der Waals surface area contributed by atoms with Crippen molar-refractivity contribution >= 4 is 51.1 Å². The minimum atomic E-state index is 0.794. The van der Waals surface area contributed by atoms with E-state index in [1.807, 2.05) is 34.3 Å². The molecule has 0 atom stereocenters. The number of anilines is 3. The van der Waals surface area contributed by atoms with E-state index in [1.165, 1.54) is 0 Å². The molecule has 1 aromatic carbocycles. The standard InChI is InChI=1S/C18H15N3S3/c19-13-4-16(22-7-13)10-1-11(17-5-14(20)8-23-17)3-12(2-10)18-6-15(21)9-24-18/h1-9H,19-21H2. The molecule has 0 aliphatic rings. The summed E-state index contributed by atoms with van der Waals surface area (Å²) in [5.74, 6) is 0. The average molecular weight is 370 g/mol. The Morgan fingerprint density at radius 3 is 0.958 bits per heavy atom. The lowest BCUT2D eigenvalue weighted by atomic mass is 10.0. The summed E-state index contributed by atoms with van der Waals surface area (Å²) in [5.41, 5.74) is 23.6. The van der Waals surface area contributed by atoms with Crippen molar-refractivity contribution in [2.24, 2.45) is 0 Å². The zero-order chi connectivity index (χ0) is 16.7. The van der Waals surface area contributed by atoms with E-state index in [4.69, 9.17) is 17.2 Å². The van der Waals surface area contributed by atoms with Crippen LogP contribution in [0.2, 0.25) is 0 Å². The molecule has 0 aliphatic carbocycles. The van der Waals surface area contributed by atoms with Gasteiger partial charge in [-0.25, -0.2) is 0 Å². The number of thiophene rings is 3. The molecule has 3 aromatic heterocycles. The van der Waals surface area contributed by atoms with Crippen LogP contribution in [0.4, 0.5) is 17.1 Å². The first-order valence-electron chi connectivity index (χ1n) is 7.27. The average Bonchev–Trinajstić information content (AvgIpc) is 3.28. The first kappa shape index (κ1) is 15.3. The van der Waals surface area contributed by atoms with Crippen molar-refractivity contribution in [1.29, 1.82) is 0 Å². The number of nitrogens with two attached hydrogens (primary N) is 3. The van der Waals surface area contributed by atoms with Crippen LogP contribution in [0.3, 0.4) is 0 Å². The SMILES string of the molecule is Nc1csc(-c2cc(-c3cc(N)cs3)cc(-c3cc(N)cs3)c2)c1. The molecule has 0 aliphatic heterocycles. The summed E-state index contributed by atoms with van der Waals surface area (Å²) < 4.78 is 0. The maximum absolute atomic E-state index is 5.90. The maximum Gasteiger partial charge on any atom is 0.0429 e. The number of hydrogen-bond acceptors (Lipinski definition) is 6. The van der Waals surface area contributed by atoms with Crippen LogP contribution < -0.4 is 17.2 Å². The fraction of sp³-hybridized carbons (Fsp3) is 0. The van der Waals surface area contributed by atoms with Gasteiger partial charge in [-0.05, 0) is 53.1 Å². The topological polar surface area (TPSA) is 78.1 Å². The van der Waals surface area contributed by atoms with E-state index in [-0.39, 0.29) is 0 Å². The molecule has 0 spiro atoms. The third-order valence-corrected chi connectivity index (χ3v) is 6.64. The van der Waals surface area contributed by atoms with Crippen molar-refractivity contribution in [2.45, 2.75) is 0 Å². The zero-order valence-corrected chi connectivity index (χ0v) is 15.1. The summed E-state index contributed by atoms with van der Waals surface area (Å²) >= 11 is 4.96. The Morgan fingerprint density at radius 2 is 0.750 bits per heavy atom. The number of benzene rings is 1. The highest BCUT2D eigenvalue weighted by molar-refractivity contribution is 7.15. The van der Waals surface area contributed by atoms with Gasteiger partial charge in [0.1, 0.15) is 0 Å². The predicted octanol–water partition coefficient (Wildman–Crippen LogP) is 5.62. The Labute approximate surface area is 152 Å². The van der Waals surface area contributed by atoms with Crippen LogP contribution >= 0.6 is 34.0 Å². The fourth-order valence-electron chi connectivity index (χ4n) is 2.56. The van der Waals surface area contributed by atoms with Crippen LogP contribution in [0, 0.1) is 0 Å². The number of hydrogen-bond donors (Lipinski definition) is 3. The van der Waals surface area contributed by atoms with Crippen molar-refractivity contribution < 1.29 is 0 Å². The molecule has 0 bridgehead atoms. The van der Waals surface area contributed by atoms with Gasteiger partial charge in [-0.3, -0.25) is 0 Å². The third-order valence-electron chi connectivity index (χ3n) is 3.65. The van der Waals surface area contributed by atoms with Gasteiger partial charge in [0.05, 0.1) is 0 Å². The number of rotatable bonds is 3. The van der Waals surface area contributed by atoms with Gasteiger partial charge in [-0.1, -0.05) is 0 Å². The van der Waals surface area contributed by atoms with Gasteiger partial charge in [0.2, 0.25) is 0 Å². The van der Waals surface area contributed by atoms with Gasteiger partial charge in [0.25, 0.3) is 0 Å². The lowest BCUT2D eigenvalue weighted by Crippen LogP contribution is -1.83. The predicted molar refractivity (Wildman–Crippen MR) is 110 cm³/mol. The molecule has 3 nitrogen and oxygen atoms in total. The lowest BCUT2D eigenvalue weighted by molar-refractivity contribution is 1.67. The quantitative estimate of drug-likeness (QED) is 0.438. The van der Waals surface area contributed by atoms with Crippen molar-refractivity contribution in [1.82, 2.24) is 0 Å². The highest BCUT2D eigenvalue weighted by atomic mass is 32.1. The van der Waals surface area contributed by atoms with Crippen molar-refractivity contribution in [3.05, 3.63) is 52.5 Å². The second-order valence-corrected chi connectivity index (χ2v) is 8.27. The fourth-order valence-corrected chi connectivity index (χ4v) is 4.93. The highest BCUT2D eigenvalue weighted by Gasteiger charge is 2.11. The molecule has 120 valence electrons. The Balaban J connectivity index is 1.90. The van der Waals surface area contributed by atoms with Crippen molar-refractivity contribution in [3.8, 4) is 31.3 Å². The number of nitrogen functional groups attached to an aromatic ring is 3. The summed E-state index contributed by atoms with van der Waals surface area (Å²) in [7, 11) is 0. The van der Waals surface area contributed by atoms with Gasteiger partial charge in [0, 0.05) is 47.8 Å². The van der Waals surface area contributed by atoms with E-state index >= 15 is 0 Å². The first-order valence-corrected chi connectivity index (χ1v) is 9.90. The molecule has 0 saturated carbocycles. The monoisotopic (exact) mass is 369 g/mol. The molecule has 0 unspecified atom stereocenters. The van der Waals surface area contributed by atoms with Crippen LogP contribution in [0.15, 0.2) is 52.5 Å². The van der Waals surface area contributed by atoms with E-state index in [1.54, 1.807) is 34.0 Å². The van der Waals surface area contributed by atoms with E-state index in [9.17, 15) is 0 Å². The summed E-state index contributed by atoms with van der Waals surface area (Å²) in [6.45, 7) is 0. The molecule has 6 N–H and O–H groups in total. The van der Waals surface area contributed by atoms with E-state index in [2.05, 4.69) is 18.2 Å². The Bertz CT molecular complexity index is 869. The van der Waals surface area contributed by atoms with Gasteiger partial charge in [-0.2, -0.15) is 0 Å². The highest BCUT2D eigenvalue weighted by Crippen LogP contribution is 2.39. The Kier molecular flexibility index (Phi) is 3.80. The molecule has 6 heteroatoms. The second kappa shape index (κ2) is 5.98. The summed E-state index contributed by atoms with van der Waals surface area (Å²) in [6.07, 6.45) is 0. The molecule has 4 rings (SSSR count). The van der Waals surface area contributed by atoms with Crippen LogP contribution in [0.5, 0.6) is 0 Å². The third kappa shape index (κ3) is 2.91. The Hall–Kier alpha value is -2.28. The normalized spacial score (nSPS) is 11.0. The van der Waals surface area contributed by atoms with Crippen LogP contribution in [-0.2, 0) is 0 Å². The minimum Gasteiger partial charge on any atom is -0.398 e. The zero-order valence-electron chi connectivity index (χ0n) is 12.7. The van der Waals surface area contributed by atoms with E-state index < -0.39 is 0 Å². The molecule has 0 fully saturated rings. The molecule has 24 heavy (non-hydrogen) atoms. The van der Waals surface area contributed by atoms with E-state index in [0.29, 0.717) is 0 Å². The lowest BCUT2D eigenvalue weighted by Gasteiger charge is -2.07. The summed E-state index contributed by atoms with van der Waals surface area (Å²) in [5, 5.41) is 5.90. The molecule has 3 heterocycles. The molecular weight excluding hydrogens is 354 g/mol. The molecule has 0 radical (unpaired) electrons.